The summed E-state index contributed by atoms with van der Waals surface area (Å²) in [4.78, 5) is 0. The molecule has 1 aromatic heterocycles. The fourth-order valence-electron chi connectivity index (χ4n) is 6.91. The second-order valence-corrected chi connectivity index (χ2v) is 11.3. The predicted molar refractivity (Wildman–Crippen MR) is 183 cm³/mol. The third-order valence-corrected chi connectivity index (χ3v) is 8.86. The van der Waals surface area contributed by atoms with Crippen molar-refractivity contribution in [3.63, 3.8) is 0 Å². The lowest BCUT2D eigenvalue weighted by molar-refractivity contribution is 0.669. The van der Waals surface area contributed by atoms with Gasteiger partial charge in [-0.15, -0.1) is 0 Å². The first kappa shape index (κ1) is 24.0. The summed E-state index contributed by atoms with van der Waals surface area (Å²) in [6.07, 6.45) is 0. The zero-order valence-corrected chi connectivity index (χ0v) is 23.4. The summed E-state index contributed by atoms with van der Waals surface area (Å²) >= 11 is 0. The van der Waals surface area contributed by atoms with Crippen LogP contribution in [0.4, 0.5) is 0 Å². The minimum atomic E-state index is 0.920. The number of rotatable bonds is 3. The molecule has 0 atom stereocenters. The van der Waals surface area contributed by atoms with Crippen LogP contribution in [0.3, 0.4) is 0 Å². The van der Waals surface area contributed by atoms with E-state index in [2.05, 4.69) is 158 Å². The fourth-order valence-corrected chi connectivity index (χ4v) is 6.91. The van der Waals surface area contributed by atoms with Crippen LogP contribution in [0.25, 0.3) is 87.6 Å². The SMILES string of the molecule is c1ccc(-c2c3ccccc3c(-c3ccc(-c4ccc5oc6ccc7ccccc7c6c5c4)cc3)c3ccccc23)cc1. The van der Waals surface area contributed by atoms with Crippen LogP contribution in [0.2, 0.25) is 0 Å². The molecule has 43 heavy (non-hydrogen) atoms. The normalized spacial score (nSPS) is 11.7. The van der Waals surface area contributed by atoms with Crippen LogP contribution in [-0.4, -0.2) is 0 Å². The maximum atomic E-state index is 6.25. The number of hydrogen-bond donors (Lipinski definition) is 0. The lowest BCUT2D eigenvalue weighted by Gasteiger charge is -2.18. The molecule has 0 bridgehead atoms. The van der Waals surface area contributed by atoms with Gasteiger partial charge in [-0.05, 0) is 83.9 Å². The molecule has 9 rings (SSSR count). The highest BCUT2D eigenvalue weighted by molar-refractivity contribution is 6.22. The molecule has 0 spiro atoms. The Labute approximate surface area is 249 Å². The Kier molecular flexibility index (Phi) is 5.27. The molecule has 1 nitrogen and oxygen atoms in total. The van der Waals surface area contributed by atoms with Gasteiger partial charge in [0.1, 0.15) is 11.2 Å². The van der Waals surface area contributed by atoms with Gasteiger partial charge in [0.15, 0.2) is 0 Å². The van der Waals surface area contributed by atoms with Crippen LogP contribution in [0.15, 0.2) is 162 Å². The van der Waals surface area contributed by atoms with Gasteiger partial charge in [0, 0.05) is 10.8 Å². The molecule has 1 heteroatoms. The van der Waals surface area contributed by atoms with Crippen LogP contribution in [0.5, 0.6) is 0 Å². The van der Waals surface area contributed by atoms with Gasteiger partial charge < -0.3 is 4.42 Å². The van der Waals surface area contributed by atoms with Crippen molar-refractivity contribution in [3.05, 3.63) is 158 Å². The van der Waals surface area contributed by atoms with E-state index in [0.29, 0.717) is 0 Å². The highest BCUT2D eigenvalue weighted by atomic mass is 16.3. The molecule has 200 valence electrons. The van der Waals surface area contributed by atoms with Gasteiger partial charge in [-0.3, -0.25) is 0 Å². The minimum absolute atomic E-state index is 0.920. The molecular formula is C42H26O. The molecule has 0 aliphatic rings. The largest absolute Gasteiger partial charge is 0.456 e. The Balaban J connectivity index is 1.22. The van der Waals surface area contributed by atoms with E-state index >= 15 is 0 Å². The van der Waals surface area contributed by atoms with E-state index in [1.165, 1.54) is 71.1 Å². The monoisotopic (exact) mass is 546 g/mol. The Morgan fingerprint density at radius 3 is 1.44 bits per heavy atom. The molecule has 0 amide bonds. The first-order chi connectivity index (χ1) is 21.3. The van der Waals surface area contributed by atoms with Gasteiger partial charge in [0.05, 0.1) is 0 Å². The van der Waals surface area contributed by atoms with E-state index in [1.807, 2.05) is 0 Å². The third kappa shape index (κ3) is 3.72. The number of benzene rings is 8. The van der Waals surface area contributed by atoms with E-state index < -0.39 is 0 Å². The summed E-state index contributed by atoms with van der Waals surface area (Å²) in [5.41, 5.74) is 9.25. The highest BCUT2D eigenvalue weighted by Gasteiger charge is 2.17. The molecular weight excluding hydrogens is 520 g/mol. The van der Waals surface area contributed by atoms with Gasteiger partial charge >= 0.3 is 0 Å². The smallest absolute Gasteiger partial charge is 0.136 e. The van der Waals surface area contributed by atoms with E-state index in [9.17, 15) is 0 Å². The standard InChI is InChI=1S/C42H26O/c1-2-11-29(12-3-1)40-33-14-6-8-16-35(33)41(36-17-9-7-15-34(36)40)30-20-18-27(19-21-30)31-23-24-38-37(26-31)42-32-13-5-4-10-28(32)22-25-39(42)43-38/h1-26H. The zero-order chi connectivity index (χ0) is 28.3. The molecule has 0 fully saturated rings. The highest BCUT2D eigenvalue weighted by Crippen LogP contribution is 2.44. The lowest BCUT2D eigenvalue weighted by atomic mass is 9.86. The molecule has 0 aliphatic carbocycles. The van der Waals surface area contributed by atoms with Crippen molar-refractivity contribution in [3.8, 4) is 33.4 Å². The molecule has 0 aliphatic heterocycles. The Morgan fingerprint density at radius 1 is 0.302 bits per heavy atom. The second-order valence-electron chi connectivity index (χ2n) is 11.3. The molecule has 8 aromatic carbocycles. The Bertz CT molecular complexity index is 2420. The molecule has 0 saturated carbocycles. The number of fused-ring (bicyclic) bond motifs is 7. The third-order valence-electron chi connectivity index (χ3n) is 8.86. The summed E-state index contributed by atoms with van der Waals surface area (Å²) in [6.45, 7) is 0. The van der Waals surface area contributed by atoms with Crippen molar-refractivity contribution in [1.82, 2.24) is 0 Å². The molecule has 9 aromatic rings. The van der Waals surface area contributed by atoms with Crippen molar-refractivity contribution >= 4 is 54.3 Å². The van der Waals surface area contributed by atoms with Crippen LogP contribution in [-0.2, 0) is 0 Å². The van der Waals surface area contributed by atoms with Gasteiger partial charge in [-0.2, -0.15) is 0 Å². The van der Waals surface area contributed by atoms with Crippen LogP contribution in [0.1, 0.15) is 0 Å². The van der Waals surface area contributed by atoms with Crippen LogP contribution >= 0.6 is 0 Å². The predicted octanol–water partition coefficient (Wildman–Crippen LogP) is 12.0. The van der Waals surface area contributed by atoms with Crippen molar-refractivity contribution in [2.45, 2.75) is 0 Å². The second kappa shape index (κ2) is 9.44. The van der Waals surface area contributed by atoms with Gasteiger partial charge in [0.2, 0.25) is 0 Å². The molecule has 1 heterocycles. The first-order valence-corrected chi connectivity index (χ1v) is 14.8. The fraction of sp³-hybridized carbons (Fsp3) is 0. The Morgan fingerprint density at radius 2 is 0.791 bits per heavy atom. The topological polar surface area (TPSA) is 13.1 Å². The quantitative estimate of drug-likeness (QED) is 0.201. The van der Waals surface area contributed by atoms with E-state index in [4.69, 9.17) is 4.42 Å². The summed E-state index contributed by atoms with van der Waals surface area (Å²) in [6, 6.07) is 56.8. The maximum Gasteiger partial charge on any atom is 0.136 e. The van der Waals surface area contributed by atoms with Crippen molar-refractivity contribution < 1.29 is 4.42 Å². The van der Waals surface area contributed by atoms with E-state index in [0.717, 1.165) is 16.6 Å². The Hall–Kier alpha value is -5.66. The average molecular weight is 547 g/mol. The van der Waals surface area contributed by atoms with Crippen molar-refractivity contribution in [2.75, 3.05) is 0 Å². The molecule has 0 N–H and O–H groups in total. The van der Waals surface area contributed by atoms with Gasteiger partial charge in [-0.25, -0.2) is 0 Å². The van der Waals surface area contributed by atoms with Crippen LogP contribution < -0.4 is 0 Å². The summed E-state index contributed by atoms with van der Waals surface area (Å²) < 4.78 is 6.25. The molecule has 0 unspecified atom stereocenters. The minimum Gasteiger partial charge on any atom is -0.456 e. The van der Waals surface area contributed by atoms with Crippen LogP contribution in [0, 0.1) is 0 Å². The van der Waals surface area contributed by atoms with Crippen molar-refractivity contribution in [2.24, 2.45) is 0 Å². The number of furan rings is 1. The van der Waals surface area contributed by atoms with E-state index in [-0.39, 0.29) is 0 Å². The van der Waals surface area contributed by atoms with Crippen molar-refractivity contribution in [1.29, 1.82) is 0 Å². The van der Waals surface area contributed by atoms with Gasteiger partial charge in [0.25, 0.3) is 0 Å². The average Bonchev–Trinajstić information content (AvgIpc) is 3.46. The van der Waals surface area contributed by atoms with Gasteiger partial charge in [-0.1, -0.05) is 140 Å². The molecule has 0 radical (unpaired) electrons. The van der Waals surface area contributed by atoms with E-state index in [1.54, 1.807) is 0 Å². The molecule has 0 saturated heterocycles. The lowest BCUT2D eigenvalue weighted by Crippen LogP contribution is -1.90. The zero-order valence-electron chi connectivity index (χ0n) is 23.4. The number of hydrogen-bond acceptors (Lipinski definition) is 1. The first-order valence-electron chi connectivity index (χ1n) is 14.8. The maximum absolute atomic E-state index is 6.25. The summed E-state index contributed by atoms with van der Waals surface area (Å²) in [7, 11) is 0. The summed E-state index contributed by atoms with van der Waals surface area (Å²) in [5, 5.41) is 9.88. The summed E-state index contributed by atoms with van der Waals surface area (Å²) in [5.74, 6) is 0.